The molecule has 0 aliphatic carbocycles. The van der Waals surface area contributed by atoms with Crippen LogP contribution in [0.2, 0.25) is 0 Å². The van der Waals surface area contributed by atoms with E-state index in [1.165, 1.54) is 4.90 Å². The summed E-state index contributed by atoms with van der Waals surface area (Å²) in [5.41, 5.74) is 12.1. The molecular formula is C17H23N7O2. The number of ether oxygens (including phenoxy) is 1. The van der Waals surface area contributed by atoms with E-state index in [0.717, 1.165) is 6.54 Å². The van der Waals surface area contributed by atoms with Gasteiger partial charge in [-0.15, -0.1) is 10.2 Å². The number of hydrogen-bond donors (Lipinski definition) is 2. The van der Waals surface area contributed by atoms with Crippen molar-refractivity contribution < 1.29 is 9.53 Å². The van der Waals surface area contributed by atoms with E-state index >= 15 is 0 Å². The van der Waals surface area contributed by atoms with E-state index in [4.69, 9.17) is 16.2 Å². The second-order valence-electron chi connectivity index (χ2n) is 5.90. The van der Waals surface area contributed by atoms with Crippen LogP contribution in [-0.2, 0) is 0 Å². The lowest BCUT2D eigenvalue weighted by Crippen LogP contribution is -2.35. The summed E-state index contributed by atoms with van der Waals surface area (Å²) in [5, 5.41) is 8.17. The maximum atomic E-state index is 12.2. The standard InChI is InChI=1S/C17H23N7O2/c1-23(2)10-11-24(3)17(25)26-14-7-5-4-6-12(14)21-22-13-8-9-15(18)20-16(13)19/h4-9H,10-11H2,1-3H3,(H4,18,19,20). The van der Waals surface area contributed by atoms with Crippen molar-refractivity contribution in [1.29, 1.82) is 0 Å². The van der Waals surface area contributed by atoms with Crippen molar-refractivity contribution in [1.82, 2.24) is 14.8 Å². The lowest BCUT2D eigenvalue weighted by atomic mass is 10.3. The van der Waals surface area contributed by atoms with Gasteiger partial charge in [0.05, 0.1) is 0 Å². The number of benzene rings is 1. The van der Waals surface area contributed by atoms with Crippen LogP contribution in [0.5, 0.6) is 5.75 Å². The van der Waals surface area contributed by atoms with Crippen LogP contribution < -0.4 is 16.2 Å². The van der Waals surface area contributed by atoms with Gasteiger partial charge in [0.15, 0.2) is 11.6 Å². The topological polar surface area (TPSA) is 122 Å². The minimum atomic E-state index is -0.469. The minimum Gasteiger partial charge on any atom is -0.408 e. The van der Waals surface area contributed by atoms with Crippen LogP contribution in [0.4, 0.5) is 27.8 Å². The number of carbonyl (C=O) groups is 1. The average molecular weight is 357 g/mol. The van der Waals surface area contributed by atoms with Crippen molar-refractivity contribution in [3.8, 4) is 5.75 Å². The summed E-state index contributed by atoms with van der Waals surface area (Å²) in [6.45, 7) is 1.28. The fraction of sp³-hybridized carbons (Fsp3) is 0.294. The van der Waals surface area contributed by atoms with E-state index in [1.807, 2.05) is 19.0 Å². The van der Waals surface area contributed by atoms with Gasteiger partial charge in [-0.25, -0.2) is 9.78 Å². The zero-order valence-electron chi connectivity index (χ0n) is 15.1. The van der Waals surface area contributed by atoms with Gasteiger partial charge in [0, 0.05) is 20.1 Å². The third-order valence-electron chi connectivity index (χ3n) is 3.45. The van der Waals surface area contributed by atoms with Crippen LogP contribution >= 0.6 is 0 Å². The molecule has 138 valence electrons. The van der Waals surface area contributed by atoms with Crippen molar-refractivity contribution in [2.75, 3.05) is 45.7 Å². The van der Waals surface area contributed by atoms with Crippen LogP contribution in [0.15, 0.2) is 46.6 Å². The molecule has 0 spiro atoms. The van der Waals surface area contributed by atoms with Crippen LogP contribution in [-0.4, -0.2) is 55.1 Å². The molecular weight excluding hydrogens is 334 g/mol. The van der Waals surface area contributed by atoms with Crippen molar-refractivity contribution in [3.05, 3.63) is 36.4 Å². The quantitative estimate of drug-likeness (QED) is 0.766. The van der Waals surface area contributed by atoms with Gasteiger partial charge < -0.3 is 26.0 Å². The fourth-order valence-corrected chi connectivity index (χ4v) is 1.91. The number of nitrogens with two attached hydrogens (primary N) is 2. The van der Waals surface area contributed by atoms with Crippen LogP contribution in [0, 0.1) is 0 Å². The molecule has 0 aliphatic heterocycles. The first-order valence-electron chi connectivity index (χ1n) is 7.97. The van der Waals surface area contributed by atoms with Gasteiger partial charge in [0.2, 0.25) is 0 Å². The predicted molar refractivity (Wildman–Crippen MR) is 101 cm³/mol. The van der Waals surface area contributed by atoms with Crippen molar-refractivity contribution in [2.24, 2.45) is 10.2 Å². The highest BCUT2D eigenvalue weighted by molar-refractivity contribution is 5.72. The number of anilines is 2. The lowest BCUT2D eigenvalue weighted by molar-refractivity contribution is 0.159. The first-order chi connectivity index (χ1) is 12.4. The molecule has 1 heterocycles. The fourth-order valence-electron chi connectivity index (χ4n) is 1.91. The van der Waals surface area contributed by atoms with Gasteiger partial charge >= 0.3 is 6.09 Å². The molecule has 0 bridgehead atoms. The summed E-state index contributed by atoms with van der Waals surface area (Å²) in [4.78, 5) is 19.6. The SMILES string of the molecule is CN(C)CCN(C)C(=O)Oc1ccccc1N=Nc1ccc(N)nc1N. The molecule has 4 N–H and O–H groups in total. The molecule has 0 fully saturated rings. The molecule has 0 aliphatic rings. The Morgan fingerprint density at radius 2 is 1.73 bits per heavy atom. The monoisotopic (exact) mass is 357 g/mol. The molecule has 9 heteroatoms. The van der Waals surface area contributed by atoms with Crippen molar-refractivity contribution >= 4 is 29.1 Å². The highest BCUT2D eigenvalue weighted by Crippen LogP contribution is 2.30. The minimum absolute atomic E-state index is 0.173. The van der Waals surface area contributed by atoms with E-state index in [-0.39, 0.29) is 5.82 Å². The summed E-state index contributed by atoms with van der Waals surface area (Å²) in [6.07, 6.45) is -0.469. The number of carbonyl (C=O) groups excluding carboxylic acids is 1. The number of para-hydroxylation sites is 1. The van der Waals surface area contributed by atoms with Gasteiger partial charge in [-0.1, -0.05) is 12.1 Å². The van der Waals surface area contributed by atoms with Gasteiger partial charge in [0.25, 0.3) is 0 Å². The maximum Gasteiger partial charge on any atom is 0.415 e. The van der Waals surface area contributed by atoms with E-state index in [9.17, 15) is 4.79 Å². The number of nitrogens with zero attached hydrogens (tertiary/aromatic N) is 5. The Hall–Kier alpha value is -3.20. The van der Waals surface area contributed by atoms with Gasteiger partial charge in [-0.2, -0.15) is 0 Å². The molecule has 0 unspecified atom stereocenters. The molecule has 26 heavy (non-hydrogen) atoms. The van der Waals surface area contributed by atoms with Crippen molar-refractivity contribution in [2.45, 2.75) is 0 Å². The Morgan fingerprint density at radius 1 is 1.04 bits per heavy atom. The summed E-state index contributed by atoms with van der Waals surface area (Å²) < 4.78 is 5.43. The van der Waals surface area contributed by atoms with Gasteiger partial charge in [-0.05, 0) is 38.4 Å². The van der Waals surface area contributed by atoms with E-state index < -0.39 is 6.09 Å². The Balaban J connectivity index is 2.12. The highest BCUT2D eigenvalue weighted by atomic mass is 16.6. The van der Waals surface area contributed by atoms with Crippen LogP contribution in [0.3, 0.4) is 0 Å². The molecule has 0 atom stereocenters. The lowest BCUT2D eigenvalue weighted by Gasteiger charge is -2.19. The third-order valence-corrected chi connectivity index (χ3v) is 3.45. The summed E-state index contributed by atoms with van der Waals surface area (Å²) in [5.74, 6) is 0.781. The Labute approximate surface area is 152 Å². The molecule has 0 radical (unpaired) electrons. The number of rotatable bonds is 6. The largest absolute Gasteiger partial charge is 0.415 e. The highest BCUT2D eigenvalue weighted by Gasteiger charge is 2.13. The van der Waals surface area contributed by atoms with E-state index in [0.29, 0.717) is 29.5 Å². The molecule has 1 aromatic heterocycles. The molecule has 2 aromatic rings. The first kappa shape index (κ1) is 19.1. The maximum absolute atomic E-state index is 12.2. The Morgan fingerprint density at radius 3 is 2.42 bits per heavy atom. The summed E-state index contributed by atoms with van der Waals surface area (Å²) >= 11 is 0. The molecule has 1 aromatic carbocycles. The van der Waals surface area contributed by atoms with Crippen LogP contribution in [0.1, 0.15) is 0 Å². The second-order valence-corrected chi connectivity index (χ2v) is 5.90. The van der Waals surface area contributed by atoms with E-state index in [2.05, 4.69) is 15.2 Å². The molecule has 9 nitrogen and oxygen atoms in total. The Kier molecular flexibility index (Phi) is 6.45. The predicted octanol–water partition coefficient (Wildman–Crippen LogP) is 2.65. The zero-order chi connectivity index (χ0) is 19.1. The van der Waals surface area contributed by atoms with Gasteiger partial charge in [-0.3, -0.25) is 0 Å². The Bertz CT molecular complexity index is 792. The smallest absolute Gasteiger partial charge is 0.408 e. The third kappa shape index (κ3) is 5.42. The number of nitrogen functional groups attached to an aromatic ring is 2. The normalized spacial score (nSPS) is 11.1. The number of aromatic nitrogens is 1. The number of amides is 1. The summed E-state index contributed by atoms with van der Waals surface area (Å²) in [7, 11) is 5.55. The summed E-state index contributed by atoms with van der Waals surface area (Å²) in [6, 6.07) is 10.1. The molecule has 0 saturated heterocycles. The molecule has 2 rings (SSSR count). The second kappa shape index (κ2) is 8.77. The molecule has 1 amide bonds. The van der Waals surface area contributed by atoms with E-state index in [1.54, 1.807) is 43.4 Å². The first-order valence-corrected chi connectivity index (χ1v) is 7.97. The van der Waals surface area contributed by atoms with Crippen molar-refractivity contribution in [3.63, 3.8) is 0 Å². The number of likely N-dealkylation sites (N-methyl/N-ethyl adjacent to an activating group) is 2. The number of hydrogen-bond acceptors (Lipinski definition) is 8. The van der Waals surface area contributed by atoms with Crippen LogP contribution in [0.25, 0.3) is 0 Å². The zero-order valence-corrected chi connectivity index (χ0v) is 15.1. The number of pyridine rings is 1. The van der Waals surface area contributed by atoms with Gasteiger partial charge in [0.1, 0.15) is 17.2 Å². The number of azo groups is 1. The average Bonchev–Trinajstić information content (AvgIpc) is 2.60. The molecule has 0 saturated carbocycles.